The van der Waals surface area contributed by atoms with E-state index in [2.05, 4.69) is 15.8 Å². The molecule has 86 valence electrons. The van der Waals surface area contributed by atoms with Crippen LogP contribution in [0.1, 0.15) is 19.8 Å². The number of carbonyl (C=O) groups excluding carboxylic acids is 2. The number of esters is 1. The molecule has 0 heterocycles. The number of hydrogen-bond acceptors (Lipinski definition) is 4. The first kappa shape index (κ1) is 13.4. The lowest BCUT2D eigenvalue weighted by molar-refractivity contribution is -0.143. The second-order valence-corrected chi connectivity index (χ2v) is 2.72. The summed E-state index contributed by atoms with van der Waals surface area (Å²) in [7, 11) is 0. The molecule has 0 unspecified atom stereocenters. The molecule has 6 heteroatoms. The van der Waals surface area contributed by atoms with Crippen LogP contribution in [0, 0.1) is 0 Å². The molecular weight excluding hydrogens is 203 g/mol. The van der Waals surface area contributed by atoms with Gasteiger partial charge in [0.15, 0.2) is 0 Å². The van der Waals surface area contributed by atoms with Gasteiger partial charge < -0.3 is 15.8 Å². The Labute approximate surface area is 87.5 Å². The highest BCUT2D eigenvalue weighted by atomic mass is 19.1. The molecular formula is C9H15FN2O3. The van der Waals surface area contributed by atoms with Gasteiger partial charge in [-0.3, -0.25) is 9.59 Å². The minimum absolute atomic E-state index is 0.257. The van der Waals surface area contributed by atoms with E-state index in [0.717, 1.165) is 6.20 Å². The van der Waals surface area contributed by atoms with Crippen molar-refractivity contribution in [2.45, 2.75) is 19.8 Å². The maximum Gasteiger partial charge on any atom is 0.305 e. The van der Waals surface area contributed by atoms with Crippen LogP contribution in [0.15, 0.2) is 12.0 Å². The van der Waals surface area contributed by atoms with E-state index >= 15 is 0 Å². The molecule has 0 aliphatic heterocycles. The average molecular weight is 218 g/mol. The van der Waals surface area contributed by atoms with Gasteiger partial charge in [-0.15, -0.1) is 0 Å². The summed E-state index contributed by atoms with van der Waals surface area (Å²) >= 11 is 0. The highest BCUT2D eigenvalue weighted by Crippen LogP contribution is 1.93. The van der Waals surface area contributed by atoms with Gasteiger partial charge in [0.05, 0.1) is 6.61 Å². The van der Waals surface area contributed by atoms with Crippen molar-refractivity contribution >= 4 is 11.9 Å². The second-order valence-electron chi connectivity index (χ2n) is 2.72. The molecule has 0 aromatic rings. The molecule has 0 aromatic heterocycles. The number of carbonyl (C=O) groups is 2. The van der Waals surface area contributed by atoms with E-state index < -0.39 is 11.7 Å². The van der Waals surface area contributed by atoms with Crippen LogP contribution >= 0.6 is 0 Å². The summed E-state index contributed by atoms with van der Waals surface area (Å²) in [6.45, 7) is 2.45. The van der Waals surface area contributed by atoms with Gasteiger partial charge in [-0.05, 0) is 13.3 Å². The normalized spacial score (nSPS) is 10.9. The molecule has 0 radical (unpaired) electrons. The maximum atomic E-state index is 12.5. The molecule has 5 nitrogen and oxygen atoms in total. The lowest BCUT2D eigenvalue weighted by Gasteiger charge is -2.01. The zero-order valence-electron chi connectivity index (χ0n) is 8.59. The first-order chi connectivity index (χ1) is 7.07. The highest BCUT2D eigenvalue weighted by molar-refractivity contribution is 5.89. The molecule has 3 N–H and O–H groups in total. The summed E-state index contributed by atoms with van der Waals surface area (Å²) in [6, 6.07) is 0. The molecule has 0 saturated heterocycles. The summed E-state index contributed by atoms with van der Waals surface area (Å²) < 4.78 is 17.1. The summed E-state index contributed by atoms with van der Waals surface area (Å²) in [5, 5.41) is 2.52. The lowest BCUT2D eigenvalue weighted by atomic mass is 10.3. The largest absolute Gasteiger partial charge is 0.466 e. The molecule has 0 aromatic carbocycles. The first-order valence-electron chi connectivity index (χ1n) is 4.62. The number of nitrogens with one attached hydrogen (secondary N) is 1. The topological polar surface area (TPSA) is 81.4 Å². The van der Waals surface area contributed by atoms with Crippen LogP contribution in [0.4, 0.5) is 4.39 Å². The molecule has 0 aliphatic carbocycles. The molecule has 1 amide bonds. The van der Waals surface area contributed by atoms with Crippen LogP contribution in [-0.2, 0) is 14.3 Å². The van der Waals surface area contributed by atoms with Crippen molar-refractivity contribution in [3.63, 3.8) is 0 Å². The monoisotopic (exact) mass is 218 g/mol. The summed E-state index contributed by atoms with van der Waals surface area (Å²) in [5.41, 5.74) is 4.64. The van der Waals surface area contributed by atoms with E-state index in [4.69, 9.17) is 0 Å². The van der Waals surface area contributed by atoms with Crippen molar-refractivity contribution in [2.75, 3.05) is 13.2 Å². The molecule has 0 aliphatic rings. The fraction of sp³-hybridized carbons (Fsp3) is 0.556. The Kier molecular flexibility index (Phi) is 6.96. The van der Waals surface area contributed by atoms with Gasteiger partial charge in [0.25, 0.3) is 5.91 Å². The fourth-order valence-electron chi connectivity index (χ4n) is 0.801. The van der Waals surface area contributed by atoms with E-state index in [9.17, 15) is 14.0 Å². The predicted molar refractivity (Wildman–Crippen MR) is 52.3 cm³/mol. The van der Waals surface area contributed by atoms with Crippen LogP contribution in [-0.4, -0.2) is 25.0 Å². The van der Waals surface area contributed by atoms with Gasteiger partial charge in [0.2, 0.25) is 5.83 Å². The Morgan fingerprint density at radius 2 is 2.20 bits per heavy atom. The Bertz CT molecular complexity index is 254. The third-order valence-corrected chi connectivity index (χ3v) is 1.47. The summed E-state index contributed by atoms with van der Waals surface area (Å²) in [6.07, 6.45) is 1.64. The Balaban J connectivity index is 3.51. The van der Waals surface area contributed by atoms with Crippen LogP contribution in [0.25, 0.3) is 0 Å². The van der Waals surface area contributed by atoms with Gasteiger partial charge >= 0.3 is 5.97 Å². The average Bonchev–Trinajstić information content (AvgIpc) is 2.17. The molecule has 0 saturated carbocycles. The zero-order chi connectivity index (χ0) is 11.7. The third-order valence-electron chi connectivity index (χ3n) is 1.47. The number of primary amides is 1. The standard InChI is InChI=1S/C9H15FN2O3/c1-2-15-8(13)4-3-5-12-6-7(10)9(11)14/h6,12H,2-5H2,1H3,(H2,11,14)/b7-6+. The lowest BCUT2D eigenvalue weighted by Crippen LogP contribution is -2.16. The number of nitrogens with two attached hydrogens (primary N) is 1. The molecule has 0 bridgehead atoms. The molecule has 15 heavy (non-hydrogen) atoms. The van der Waals surface area contributed by atoms with Crippen molar-refractivity contribution in [3.8, 4) is 0 Å². The van der Waals surface area contributed by atoms with Gasteiger partial charge in [0, 0.05) is 19.2 Å². The van der Waals surface area contributed by atoms with Crippen molar-refractivity contribution in [1.82, 2.24) is 5.32 Å². The Morgan fingerprint density at radius 1 is 1.53 bits per heavy atom. The number of rotatable bonds is 7. The number of halogens is 1. The van der Waals surface area contributed by atoms with Crippen LogP contribution in [0.2, 0.25) is 0 Å². The predicted octanol–water partition coefficient (Wildman–Crippen LogP) is 0.216. The number of hydrogen-bond donors (Lipinski definition) is 2. The third kappa shape index (κ3) is 7.48. The SMILES string of the molecule is CCOC(=O)CCCN/C=C(/F)C(N)=O. The van der Waals surface area contributed by atoms with E-state index in [1.54, 1.807) is 6.92 Å². The van der Waals surface area contributed by atoms with E-state index in [1.165, 1.54) is 0 Å². The Hall–Kier alpha value is -1.59. The quantitative estimate of drug-likeness (QED) is 0.364. The van der Waals surface area contributed by atoms with Crippen LogP contribution in [0.3, 0.4) is 0 Å². The molecule has 0 spiro atoms. The van der Waals surface area contributed by atoms with Crippen LogP contribution in [0.5, 0.6) is 0 Å². The Morgan fingerprint density at radius 3 is 2.73 bits per heavy atom. The number of amides is 1. The zero-order valence-corrected chi connectivity index (χ0v) is 8.59. The van der Waals surface area contributed by atoms with E-state index in [0.29, 0.717) is 19.6 Å². The van der Waals surface area contributed by atoms with E-state index in [1.807, 2.05) is 0 Å². The van der Waals surface area contributed by atoms with Gasteiger partial charge in [-0.1, -0.05) is 0 Å². The highest BCUT2D eigenvalue weighted by Gasteiger charge is 2.02. The molecule has 0 atom stereocenters. The molecule has 0 rings (SSSR count). The van der Waals surface area contributed by atoms with Crippen LogP contribution < -0.4 is 11.1 Å². The van der Waals surface area contributed by atoms with Gasteiger partial charge in [0.1, 0.15) is 0 Å². The van der Waals surface area contributed by atoms with E-state index in [-0.39, 0.29) is 12.4 Å². The number of ether oxygens (including phenoxy) is 1. The minimum Gasteiger partial charge on any atom is -0.466 e. The minimum atomic E-state index is -1.12. The molecule has 0 fully saturated rings. The first-order valence-corrected chi connectivity index (χ1v) is 4.62. The van der Waals surface area contributed by atoms with Crippen molar-refractivity contribution in [1.29, 1.82) is 0 Å². The van der Waals surface area contributed by atoms with Crippen molar-refractivity contribution < 1.29 is 18.7 Å². The summed E-state index contributed by atoms with van der Waals surface area (Å²) in [5.74, 6) is -2.45. The van der Waals surface area contributed by atoms with Crippen molar-refractivity contribution in [3.05, 3.63) is 12.0 Å². The fourth-order valence-corrected chi connectivity index (χ4v) is 0.801. The summed E-state index contributed by atoms with van der Waals surface area (Å²) in [4.78, 5) is 21.1. The maximum absolute atomic E-state index is 12.5. The van der Waals surface area contributed by atoms with Crippen molar-refractivity contribution in [2.24, 2.45) is 5.73 Å². The second kappa shape index (κ2) is 7.78. The van der Waals surface area contributed by atoms with Gasteiger partial charge in [-0.2, -0.15) is 4.39 Å². The van der Waals surface area contributed by atoms with Gasteiger partial charge in [-0.25, -0.2) is 0 Å². The smallest absolute Gasteiger partial charge is 0.305 e.